The molecule has 0 bridgehead atoms. The Morgan fingerprint density at radius 2 is 1.80 bits per heavy atom. The Morgan fingerprint density at radius 3 is 2.37 bits per heavy atom. The smallest absolute Gasteiger partial charge is 0.237 e. The number of hydrogen-bond acceptors (Lipinski definition) is 5. The number of fused-ring (bicyclic) bond motifs is 3. The Kier molecular flexibility index (Phi) is 4.84. The average molecular weight is 437 g/mol. The number of carbonyl (C=O) groups excluding carboxylic acids is 1. The van der Waals surface area contributed by atoms with E-state index >= 15 is 8.78 Å². The fraction of sp³-hybridized carbons (Fsp3) is 0.300. The summed E-state index contributed by atoms with van der Waals surface area (Å²) in [4.78, 5) is 18.8. The minimum absolute atomic E-state index is 0.00208. The molecule has 4 rings (SSSR count). The largest absolute Gasteiger partial charge is 0.493 e. The summed E-state index contributed by atoms with van der Waals surface area (Å²) in [6.07, 6.45) is 3.01. The molecule has 158 valence electrons. The molecule has 3 aromatic rings. The van der Waals surface area contributed by atoms with E-state index in [9.17, 15) is 8.68 Å². The number of aromatic nitrogens is 2. The van der Waals surface area contributed by atoms with Gasteiger partial charge in [0, 0.05) is 23.8 Å². The lowest BCUT2D eigenvalue weighted by atomic mass is 9.76. The van der Waals surface area contributed by atoms with Crippen molar-refractivity contribution in [1.82, 2.24) is 8.96 Å². The highest BCUT2D eigenvalue weighted by molar-refractivity contribution is 7.92. The van der Waals surface area contributed by atoms with Gasteiger partial charge in [-0.1, -0.05) is 0 Å². The maximum absolute atomic E-state index is 15.1. The highest BCUT2D eigenvalue weighted by Crippen LogP contribution is 2.44. The Hall–Kier alpha value is -2.88. The van der Waals surface area contributed by atoms with Gasteiger partial charge in [0.05, 0.1) is 26.2 Å². The number of rotatable bonds is 4. The second-order valence-corrected chi connectivity index (χ2v) is 7.91. The zero-order chi connectivity index (χ0) is 21.8. The summed E-state index contributed by atoms with van der Waals surface area (Å²) >= 11 is -0.00208. The number of carbonyl (C=O) groups is 1. The lowest BCUT2D eigenvalue weighted by Gasteiger charge is -2.39. The minimum Gasteiger partial charge on any atom is -0.493 e. The van der Waals surface area contributed by atoms with Crippen molar-refractivity contribution in [3.05, 3.63) is 47.3 Å². The van der Waals surface area contributed by atoms with Crippen LogP contribution in [0.25, 0.3) is 11.0 Å². The molecule has 0 saturated heterocycles. The third kappa shape index (κ3) is 2.73. The van der Waals surface area contributed by atoms with Crippen LogP contribution in [0.4, 0.5) is 18.4 Å². The van der Waals surface area contributed by atoms with Crippen LogP contribution in [0, 0.1) is 11.6 Å². The number of halogens is 3. The second kappa shape index (κ2) is 7.12. The van der Waals surface area contributed by atoms with Gasteiger partial charge in [-0.15, -0.1) is 3.89 Å². The van der Waals surface area contributed by atoms with Gasteiger partial charge in [0.2, 0.25) is 5.91 Å². The van der Waals surface area contributed by atoms with Gasteiger partial charge in [0.15, 0.2) is 41.1 Å². The van der Waals surface area contributed by atoms with Crippen molar-refractivity contribution in [2.24, 2.45) is 0 Å². The molecule has 1 aromatic carbocycles. The van der Waals surface area contributed by atoms with Gasteiger partial charge in [-0.2, -0.15) is 0 Å². The predicted octanol–water partition coefficient (Wildman–Crippen LogP) is 4.54. The van der Waals surface area contributed by atoms with E-state index in [1.165, 1.54) is 30.6 Å². The lowest BCUT2D eigenvalue weighted by molar-refractivity contribution is -0.123. The van der Waals surface area contributed by atoms with Crippen molar-refractivity contribution in [1.29, 1.82) is 0 Å². The first-order valence-electron chi connectivity index (χ1n) is 8.96. The van der Waals surface area contributed by atoms with Crippen molar-refractivity contribution in [3.8, 4) is 11.5 Å². The Balaban J connectivity index is 1.95. The van der Waals surface area contributed by atoms with Crippen LogP contribution in [0.3, 0.4) is 0 Å². The van der Waals surface area contributed by atoms with Crippen LogP contribution in [-0.2, 0) is 16.8 Å². The van der Waals surface area contributed by atoms with Gasteiger partial charge in [-0.05, 0) is 31.0 Å². The van der Waals surface area contributed by atoms with Gasteiger partial charge in [0.25, 0.3) is 0 Å². The topological polar surface area (TPSA) is 56.6 Å². The number of hydrogen-bond donors (Lipinski definition) is 0. The molecule has 6 nitrogen and oxygen atoms in total. The molecule has 0 N–H and O–H groups in total. The van der Waals surface area contributed by atoms with E-state index in [1.54, 1.807) is 19.9 Å². The predicted molar refractivity (Wildman–Crippen MR) is 108 cm³/mol. The van der Waals surface area contributed by atoms with Crippen LogP contribution in [-0.4, -0.2) is 29.1 Å². The van der Waals surface area contributed by atoms with Gasteiger partial charge in [-0.25, -0.2) is 17.7 Å². The highest BCUT2D eigenvalue weighted by Gasteiger charge is 2.44. The van der Waals surface area contributed by atoms with Crippen LogP contribution < -0.4 is 14.4 Å². The quantitative estimate of drug-likeness (QED) is 0.600. The Morgan fingerprint density at radius 1 is 1.17 bits per heavy atom. The third-order valence-electron chi connectivity index (χ3n) is 5.39. The van der Waals surface area contributed by atoms with Crippen LogP contribution in [0.2, 0.25) is 0 Å². The first-order chi connectivity index (χ1) is 14.3. The minimum atomic E-state index is -1.16. The summed E-state index contributed by atoms with van der Waals surface area (Å²) in [5.41, 5.74) is -0.0775. The van der Waals surface area contributed by atoms with E-state index in [4.69, 9.17) is 9.47 Å². The van der Waals surface area contributed by atoms with Crippen LogP contribution >= 0.6 is 12.3 Å². The second-order valence-electron chi connectivity index (χ2n) is 7.38. The van der Waals surface area contributed by atoms with Crippen LogP contribution in [0.1, 0.15) is 25.0 Å². The lowest BCUT2D eigenvalue weighted by Crippen LogP contribution is -2.48. The number of nitrogens with zero attached hydrogens (tertiary/aromatic N) is 3. The van der Waals surface area contributed by atoms with Crippen LogP contribution in [0.15, 0.2) is 24.5 Å². The van der Waals surface area contributed by atoms with Crippen molar-refractivity contribution in [3.63, 3.8) is 0 Å². The number of amides is 1. The Bertz CT molecular complexity index is 1150. The molecule has 0 radical (unpaired) electrons. The Labute approximate surface area is 175 Å². The van der Waals surface area contributed by atoms with E-state index < -0.39 is 28.6 Å². The maximum atomic E-state index is 15.1. The monoisotopic (exact) mass is 437 g/mol. The molecule has 1 aliphatic heterocycles. The molecule has 0 saturated carbocycles. The van der Waals surface area contributed by atoms with Gasteiger partial charge >= 0.3 is 0 Å². The first kappa shape index (κ1) is 20.4. The molecule has 0 fully saturated rings. The molecule has 0 spiro atoms. The van der Waals surface area contributed by atoms with E-state index in [1.807, 2.05) is 0 Å². The maximum Gasteiger partial charge on any atom is 0.237 e. The van der Waals surface area contributed by atoms with Crippen molar-refractivity contribution in [2.45, 2.75) is 25.8 Å². The summed E-state index contributed by atoms with van der Waals surface area (Å²) in [6.45, 7) is 3.21. The van der Waals surface area contributed by atoms with E-state index in [2.05, 4.69) is 4.98 Å². The van der Waals surface area contributed by atoms with Crippen molar-refractivity contribution in [2.75, 3.05) is 19.1 Å². The number of pyridine rings is 1. The first-order valence-corrected chi connectivity index (χ1v) is 9.64. The van der Waals surface area contributed by atoms with Gasteiger partial charge in [0.1, 0.15) is 5.69 Å². The number of ether oxygens (including phenoxy) is 2. The molecule has 1 aliphatic rings. The molecule has 10 heteroatoms. The number of benzene rings is 1. The summed E-state index contributed by atoms with van der Waals surface area (Å²) in [5.74, 6) is -3.01. The van der Waals surface area contributed by atoms with Crippen molar-refractivity contribution < 1.29 is 26.9 Å². The van der Waals surface area contributed by atoms with E-state index in [-0.39, 0.29) is 30.4 Å². The molecule has 0 atom stereocenters. The summed E-state index contributed by atoms with van der Waals surface area (Å²) in [5, 5.41) is 0.611. The number of methoxy groups -OCH3 is 2. The van der Waals surface area contributed by atoms with E-state index in [0.717, 1.165) is 11.0 Å². The molecule has 3 heterocycles. The summed E-state index contributed by atoms with van der Waals surface area (Å²) in [7, 11) is 2.48. The van der Waals surface area contributed by atoms with Gasteiger partial charge in [-0.3, -0.25) is 4.79 Å². The standard InChI is InChI=1S/C20H18F3N3O3S/c1-20(2)14-10(8-24-18-11(14)5-6-26(18)30-23)9-25(19(20)27)17-15(21)12(28-3)7-13(29-4)16(17)22/h5-8H,9H2,1-4H3. The zero-order valence-electron chi connectivity index (χ0n) is 16.6. The molecule has 30 heavy (non-hydrogen) atoms. The van der Waals surface area contributed by atoms with Crippen LogP contribution in [0.5, 0.6) is 11.5 Å². The fourth-order valence-corrected chi connectivity index (χ4v) is 4.31. The summed E-state index contributed by atoms with van der Waals surface area (Å²) < 4.78 is 54.5. The molecule has 2 aromatic heterocycles. The van der Waals surface area contributed by atoms with E-state index in [0.29, 0.717) is 22.2 Å². The van der Waals surface area contributed by atoms with Gasteiger partial charge < -0.3 is 14.4 Å². The average Bonchev–Trinajstić information content (AvgIpc) is 3.14. The normalized spacial score (nSPS) is 15.4. The third-order valence-corrected chi connectivity index (χ3v) is 5.83. The zero-order valence-corrected chi connectivity index (χ0v) is 17.4. The fourth-order valence-electron chi connectivity index (χ4n) is 3.99. The molecular formula is C20H18F3N3O3S. The summed E-state index contributed by atoms with van der Waals surface area (Å²) in [6, 6.07) is 2.76. The molecule has 0 unspecified atom stereocenters. The van der Waals surface area contributed by atoms with Crippen molar-refractivity contribution >= 4 is 35.0 Å². The molecule has 1 amide bonds. The molecular weight excluding hydrogens is 419 g/mol. The highest BCUT2D eigenvalue weighted by atomic mass is 32.2. The molecule has 0 aliphatic carbocycles. The SMILES string of the molecule is COc1cc(OC)c(F)c(N2Cc3cnc4c(ccn4SF)c3C(C)(C)C2=O)c1F. The number of anilines is 1.